The molecule has 1 aromatic heterocycles. The minimum atomic E-state index is -4.70. The normalized spacial score (nSPS) is 12.8. The zero-order chi connectivity index (χ0) is 21.5. The van der Waals surface area contributed by atoms with Gasteiger partial charge < -0.3 is 5.32 Å². The van der Waals surface area contributed by atoms with Crippen molar-refractivity contribution in [3.8, 4) is 0 Å². The number of hydrogen-bond acceptors (Lipinski definition) is 5. The van der Waals surface area contributed by atoms with Crippen LogP contribution in [0.5, 0.6) is 0 Å². The van der Waals surface area contributed by atoms with Crippen molar-refractivity contribution in [3.05, 3.63) is 67.3 Å². The van der Waals surface area contributed by atoms with Gasteiger partial charge in [0.1, 0.15) is 0 Å². The summed E-state index contributed by atoms with van der Waals surface area (Å²) in [4.78, 5) is 10.3. The van der Waals surface area contributed by atoms with Crippen LogP contribution in [0.2, 0.25) is 0 Å². The molecule has 0 aliphatic carbocycles. The van der Waals surface area contributed by atoms with E-state index in [1.165, 1.54) is 6.92 Å². The van der Waals surface area contributed by atoms with Gasteiger partial charge in [-0.3, -0.25) is 10.1 Å². The quantitative estimate of drug-likeness (QED) is 0.369. The number of aryl methyl sites for hydroxylation is 1. The van der Waals surface area contributed by atoms with Crippen molar-refractivity contribution in [3.63, 3.8) is 0 Å². The molecule has 0 spiro atoms. The third-order valence-electron chi connectivity index (χ3n) is 4.70. The Balaban J connectivity index is 2.10. The average Bonchev–Trinajstić information content (AvgIpc) is 2.62. The summed E-state index contributed by atoms with van der Waals surface area (Å²) in [6.45, 7) is 4.73. The van der Waals surface area contributed by atoms with Crippen LogP contribution in [-0.4, -0.2) is 15.1 Å². The molecule has 1 heterocycles. The molecule has 0 radical (unpaired) electrons. The number of anilines is 1. The average molecular weight is 469 g/mol. The molecule has 1 N–H and O–H groups in total. The summed E-state index contributed by atoms with van der Waals surface area (Å²) < 4.78 is 41.0. The molecule has 3 rings (SSSR count). The molecule has 10 heteroatoms. The molecule has 0 bridgehead atoms. The summed E-state index contributed by atoms with van der Waals surface area (Å²) in [5.74, 6) is 0.374. The molecule has 0 aliphatic heterocycles. The van der Waals surface area contributed by atoms with Gasteiger partial charge in [0.25, 0.3) is 5.69 Å². The summed E-state index contributed by atoms with van der Waals surface area (Å²) in [5, 5.41) is 24.0. The molecule has 1 unspecified atom stereocenters. The van der Waals surface area contributed by atoms with Crippen LogP contribution in [-0.2, 0) is 6.18 Å². The summed E-state index contributed by atoms with van der Waals surface area (Å²) in [7, 11) is 0. The Bertz CT molecular complexity index is 1120. The molecule has 152 valence electrons. The van der Waals surface area contributed by atoms with Crippen LogP contribution in [0.25, 0.3) is 10.8 Å². The van der Waals surface area contributed by atoms with Crippen LogP contribution in [0.3, 0.4) is 0 Å². The molecular formula is C19H16BrF3N4O2. The summed E-state index contributed by atoms with van der Waals surface area (Å²) in [6.07, 6.45) is -4.70. The van der Waals surface area contributed by atoms with Crippen molar-refractivity contribution in [2.24, 2.45) is 0 Å². The number of nitrogens with one attached hydrogen (secondary N) is 1. The van der Waals surface area contributed by atoms with E-state index in [4.69, 9.17) is 0 Å². The Labute approximate surface area is 172 Å². The van der Waals surface area contributed by atoms with Crippen LogP contribution >= 0.6 is 15.9 Å². The number of aromatic nitrogens is 2. The minimum absolute atomic E-state index is 0.0753. The predicted octanol–water partition coefficient (Wildman–Crippen LogP) is 6.11. The predicted molar refractivity (Wildman–Crippen MR) is 107 cm³/mol. The van der Waals surface area contributed by atoms with Gasteiger partial charge in [-0.15, -0.1) is 5.10 Å². The standard InChI is InChI=1S/C19H16BrF3N4O2/c1-9-15(7-13(27(28)29)8-17(9)19(21,22)23)10(2)24-18-16-6-12(20)4-5-14(16)11(3)25-26-18/h4-8,10H,1-3H3,(H,24,26). The smallest absolute Gasteiger partial charge is 0.362 e. The fraction of sp³-hybridized carbons (Fsp3) is 0.263. The second-order valence-corrected chi connectivity index (χ2v) is 7.57. The van der Waals surface area contributed by atoms with E-state index in [1.807, 2.05) is 18.2 Å². The third kappa shape index (κ3) is 4.16. The van der Waals surface area contributed by atoms with E-state index in [-0.39, 0.29) is 11.1 Å². The first-order valence-electron chi connectivity index (χ1n) is 8.54. The molecule has 6 nitrogen and oxygen atoms in total. The van der Waals surface area contributed by atoms with E-state index in [9.17, 15) is 23.3 Å². The van der Waals surface area contributed by atoms with E-state index < -0.39 is 28.4 Å². The molecule has 0 fully saturated rings. The van der Waals surface area contributed by atoms with Crippen LogP contribution < -0.4 is 5.32 Å². The highest BCUT2D eigenvalue weighted by Crippen LogP contribution is 2.38. The van der Waals surface area contributed by atoms with E-state index in [1.54, 1.807) is 13.8 Å². The molecule has 0 amide bonds. The minimum Gasteiger partial charge on any atom is -0.362 e. The highest BCUT2D eigenvalue weighted by molar-refractivity contribution is 9.10. The van der Waals surface area contributed by atoms with Gasteiger partial charge in [-0.2, -0.15) is 18.3 Å². The zero-order valence-corrected chi connectivity index (χ0v) is 17.2. The van der Waals surface area contributed by atoms with Gasteiger partial charge in [0.15, 0.2) is 5.82 Å². The summed E-state index contributed by atoms with van der Waals surface area (Å²) in [5.41, 5.74) is -0.852. The lowest BCUT2D eigenvalue weighted by Crippen LogP contribution is -2.15. The molecule has 2 aromatic carbocycles. The Hall–Kier alpha value is -2.75. The van der Waals surface area contributed by atoms with Crippen LogP contribution in [0.4, 0.5) is 24.7 Å². The number of hydrogen-bond donors (Lipinski definition) is 1. The number of non-ortho nitro benzene ring substituents is 1. The number of rotatable bonds is 4. The van der Waals surface area contributed by atoms with Gasteiger partial charge >= 0.3 is 6.18 Å². The van der Waals surface area contributed by atoms with Crippen molar-refractivity contribution in [2.75, 3.05) is 5.32 Å². The molecule has 1 atom stereocenters. The molecule has 0 saturated carbocycles. The van der Waals surface area contributed by atoms with Gasteiger partial charge in [0, 0.05) is 27.4 Å². The largest absolute Gasteiger partial charge is 0.416 e. The highest BCUT2D eigenvalue weighted by Gasteiger charge is 2.36. The molecule has 29 heavy (non-hydrogen) atoms. The number of halogens is 4. The lowest BCUT2D eigenvalue weighted by Gasteiger charge is -2.21. The lowest BCUT2D eigenvalue weighted by atomic mass is 9.96. The SMILES string of the molecule is Cc1c(C(C)Nc2nnc(C)c3ccc(Br)cc23)cc([N+](=O)[O-])cc1C(F)(F)F. The fourth-order valence-corrected chi connectivity index (χ4v) is 3.58. The second-order valence-electron chi connectivity index (χ2n) is 6.65. The first kappa shape index (κ1) is 21.0. The first-order chi connectivity index (χ1) is 13.5. The van der Waals surface area contributed by atoms with Gasteiger partial charge in [-0.05, 0) is 44.0 Å². The topological polar surface area (TPSA) is 81.0 Å². The van der Waals surface area contributed by atoms with E-state index in [2.05, 4.69) is 31.4 Å². The maximum absolute atomic E-state index is 13.4. The van der Waals surface area contributed by atoms with Crippen molar-refractivity contribution < 1.29 is 18.1 Å². The zero-order valence-electron chi connectivity index (χ0n) is 15.6. The fourth-order valence-electron chi connectivity index (χ4n) is 3.22. The Morgan fingerprint density at radius 2 is 1.83 bits per heavy atom. The van der Waals surface area contributed by atoms with E-state index in [0.717, 1.165) is 21.3 Å². The molecule has 0 aliphatic rings. The maximum atomic E-state index is 13.4. The lowest BCUT2D eigenvalue weighted by molar-refractivity contribution is -0.385. The van der Waals surface area contributed by atoms with Crippen molar-refractivity contribution in [1.29, 1.82) is 0 Å². The van der Waals surface area contributed by atoms with E-state index in [0.29, 0.717) is 17.6 Å². The van der Waals surface area contributed by atoms with Gasteiger partial charge in [-0.25, -0.2) is 0 Å². The van der Waals surface area contributed by atoms with Crippen molar-refractivity contribution in [1.82, 2.24) is 10.2 Å². The number of nitro benzene ring substituents is 1. The van der Waals surface area contributed by atoms with Crippen molar-refractivity contribution in [2.45, 2.75) is 33.0 Å². The summed E-state index contributed by atoms with van der Waals surface area (Å²) >= 11 is 3.39. The Kier molecular flexibility index (Phi) is 5.48. The van der Waals surface area contributed by atoms with Crippen molar-refractivity contribution >= 4 is 38.2 Å². The van der Waals surface area contributed by atoms with Crippen LogP contribution in [0, 0.1) is 24.0 Å². The van der Waals surface area contributed by atoms with Gasteiger partial charge in [0.05, 0.1) is 22.2 Å². The number of fused-ring (bicyclic) bond motifs is 1. The first-order valence-corrected chi connectivity index (χ1v) is 9.33. The second kappa shape index (κ2) is 7.58. The Morgan fingerprint density at radius 1 is 1.14 bits per heavy atom. The van der Waals surface area contributed by atoms with Crippen LogP contribution in [0.15, 0.2) is 34.8 Å². The maximum Gasteiger partial charge on any atom is 0.416 e. The highest BCUT2D eigenvalue weighted by atomic mass is 79.9. The van der Waals surface area contributed by atoms with Gasteiger partial charge in [-0.1, -0.05) is 22.0 Å². The summed E-state index contributed by atoms with van der Waals surface area (Å²) in [6, 6.07) is 6.57. The Morgan fingerprint density at radius 3 is 2.45 bits per heavy atom. The van der Waals surface area contributed by atoms with Crippen LogP contribution in [0.1, 0.15) is 35.3 Å². The molecular weight excluding hydrogens is 453 g/mol. The number of nitrogens with zero attached hydrogens (tertiary/aromatic N) is 3. The number of nitro groups is 1. The molecule has 3 aromatic rings. The number of alkyl halides is 3. The monoisotopic (exact) mass is 468 g/mol. The third-order valence-corrected chi connectivity index (χ3v) is 5.19. The molecule has 0 saturated heterocycles. The van der Waals surface area contributed by atoms with E-state index >= 15 is 0 Å². The number of benzene rings is 2. The van der Waals surface area contributed by atoms with Gasteiger partial charge in [0.2, 0.25) is 0 Å².